The van der Waals surface area contributed by atoms with E-state index in [1.54, 1.807) is 37.3 Å². The Hall–Kier alpha value is -3.74. The van der Waals surface area contributed by atoms with Crippen molar-refractivity contribution in [1.82, 2.24) is 9.97 Å². The number of esters is 1. The number of anilines is 2. The van der Waals surface area contributed by atoms with Crippen LogP contribution in [0.1, 0.15) is 38.9 Å². The predicted molar refractivity (Wildman–Crippen MR) is 111 cm³/mol. The van der Waals surface area contributed by atoms with E-state index in [2.05, 4.69) is 20.6 Å². The molecule has 0 aliphatic heterocycles. The van der Waals surface area contributed by atoms with Crippen LogP contribution in [0, 0.1) is 6.92 Å². The van der Waals surface area contributed by atoms with E-state index in [-0.39, 0.29) is 11.6 Å². The summed E-state index contributed by atoms with van der Waals surface area (Å²) in [7, 11) is 0. The molecule has 3 aromatic rings. The number of carbonyl (C=O) groups excluding carboxylic acids is 2. The van der Waals surface area contributed by atoms with Crippen molar-refractivity contribution < 1.29 is 14.3 Å². The first-order valence-corrected chi connectivity index (χ1v) is 9.25. The van der Waals surface area contributed by atoms with Crippen molar-refractivity contribution in [3.8, 4) is 0 Å². The van der Waals surface area contributed by atoms with Crippen molar-refractivity contribution >= 4 is 23.4 Å². The lowest BCUT2D eigenvalue weighted by atomic mass is 10.1. The molecule has 1 heterocycles. The average Bonchev–Trinajstić information content (AvgIpc) is 2.74. The Kier molecular flexibility index (Phi) is 6.52. The van der Waals surface area contributed by atoms with E-state index in [1.165, 1.54) is 11.9 Å². The molecule has 0 bridgehead atoms. The molecule has 0 fully saturated rings. The van der Waals surface area contributed by atoms with Gasteiger partial charge in [0.05, 0.1) is 12.2 Å². The molecule has 29 heavy (non-hydrogen) atoms. The van der Waals surface area contributed by atoms with Crippen LogP contribution in [0.5, 0.6) is 0 Å². The van der Waals surface area contributed by atoms with Crippen molar-refractivity contribution in [2.75, 3.05) is 17.2 Å². The predicted octanol–water partition coefficient (Wildman–Crippen LogP) is 3.83. The molecule has 148 valence electrons. The zero-order valence-corrected chi connectivity index (χ0v) is 16.3. The van der Waals surface area contributed by atoms with Gasteiger partial charge >= 0.3 is 5.97 Å². The number of nitrogens with one attached hydrogen (secondary N) is 2. The molecule has 0 aliphatic rings. The standard InChI is InChI=1S/C22H22N4O3/c1-3-29-22(28)17-8-10-18(11-9-17)26-21(27)19-12-20(25-14-24-19)23-13-16-6-4-15(2)5-7-16/h4-12,14H,3,13H2,1-2H3,(H,26,27)(H,23,24,25). The van der Waals surface area contributed by atoms with Gasteiger partial charge in [0.25, 0.3) is 5.91 Å². The van der Waals surface area contributed by atoms with Gasteiger partial charge in [0, 0.05) is 18.3 Å². The zero-order chi connectivity index (χ0) is 20.6. The monoisotopic (exact) mass is 390 g/mol. The minimum Gasteiger partial charge on any atom is -0.462 e. The van der Waals surface area contributed by atoms with Gasteiger partial charge in [0.1, 0.15) is 17.8 Å². The molecule has 7 heteroatoms. The molecule has 0 saturated carbocycles. The Balaban J connectivity index is 1.61. The summed E-state index contributed by atoms with van der Waals surface area (Å²) in [6.07, 6.45) is 1.34. The van der Waals surface area contributed by atoms with Gasteiger partial charge in [-0.3, -0.25) is 4.79 Å². The lowest BCUT2D eigenvalue weighted by molar-refractivity contribution is 0.0526. The number of benzene rings is 2. The summed E-state index contributed by atoms with van der Waals surface area (Å²) in [5.41, 5.74) is 3.53. The van der Waals surface area contributed by atoms with Crippen LogP contribution in [0.4, 0.5) is 11.5 Å². The maximum Gasteiger partial charge on any atom is 0.338 e. The molecule has 1 amide bonds. The Bertz CT molecular complexity index is 986. The first-order chi connectivity index (χ1) is 14.0. The van der Waals surface area contributed by atoms with Gasteiger partial charge in [-0.05, 0) is 43.7 Å². The van der Waals surface area contributed by atoms with E-state index >= 15 is 0 Å². The van der Waals surface area contributed by atoms with Crippen molar-refractivity contribution in [1.29, 1.82) is 0 Å². The molecule has 0 aliphatic carbocycles. The third-order valence-electron chi connectivity index (χ3n) is 4.15. The summed E-state index contributed by atoms with van der Waals surface area (Å²) in [5, 5.41) is 5.94. The number of nitrogens with zero attached hydrogens (tertiary/aromatic N) is 2. The Labute approximate surface area is 169 Å². The quantitative estimate of drug-likeness (QED) is 0.596. The molecular weight excluding hydrogens is 368 g/mol. The number of hydrogen-bond donors (Lipinski definition) is 2. The van der Waals surface area contributed by atoms with Crippen LogP contribution in [-0.4, -0.2) is 28.5 Å². The summed E-state index contributed by atoms with van der Waals surface area (Å²) in [5.74, 6) is -0.205. The van der Waals surface area contributed by atoms with Crippen molar-refractivity contribution in [3.63, 3.8) is 0 Å². The maximum absolute atomic E-state index is 12.5. The third kappa shape index (κ3) is 5.62. The molecule has 1 aromatic heterocycles. The van der Waals surface area contributed by atoms with E-state index in [9.17, 15) is 9.59 Å². The van der Waals surface area contributed by atoms with Gasteiger partial charge in [-0.2, -0.15) is 0 Å². The van der Waals surface area contributed by atoms with Crippen LogP contribution < -0.4 is 10.6 Å². The second-order valence-electron chi connectivity index (χ2n) is 6.38. The number of aromatic nitrogens is 2. The van der Waals surface area contributed by atoms with Gasteiger partial charge in [0.2, 0.25) is 0 Å². The summed E-state index contributed by atoms with van der Waals surface area (Å²) >= 11 is 0. The SMILES string of the molecule is CCOC(=O)c1ccc(NC(=O)c2cc(NCc3ccc(C)cc3)ncn2)cc1. The van der Waals surface area contributed by atoms with Crippen molar-refractivity contribution in [2.45, 2.75) is 20.4 Å². The van der Waals surface area contributed by atoms with E-state index in [4.69, 9.17) is 4.74 Å². The highest BCUT2D eigenvalue weighted by Gasteiger charge is 2.11. The van der Waals surface area contributed by atoms with E-state index in [0.717, 1.165) is 5.56 Å². The number of hydrogen-bond acceptors (Lipinski definition) is 6. The summed E-state index contributed by atoms with van der Waals surface area (Å²) in [6.45, 7) is 4.69. The van der Waals surface area contributed by atoms with Crippen molar-refractivity contribution in [2.24, 2.45) is 0 Å². The number of rotatable bonds is 7. The number of carbonyl (C=O) groups is 2. The highest BCUT2D eigenvalue weighted by molar-refractivity contribution is 6.03. The molecule has 0 unspecified atom stereocenters. The largest absolute Gasteiger partial charge is 0.462 e. The molecule has 2 aromatic carbocycles. The van der Waals surface area contributed by atoms with Crippen molar-refractivity contribution in [3.05, 3.63) is 83.3 Å². The highest BCUT2D eigenvalue weighted by atomic mass is 16.5. The van der Waals surface area contributed by atoms with Gasteiger partial charge in [-0.15, -0.1) is 0 Å². The molecule has 7 nitrogen and oxygen atoms in total. The molecule has 0 radical (unpaired) electrons. The Morgan fingerprint density at radius 3 is 2.41 bits per heavy atom. The maximum atomic E-state index is 12.5. The first kappa shape index (κ1) is 20.0. The fourth-order valence-electron chi connectivity index (χ4n) is 2.58. The fourth-order valence-corrected chi connectivity index (χ4v) is 2.58. The normalized spacial score (nSPS) is 10.3. The van der Waals surface area contributed by atoms with Gasteiger partial charge < -0.3 is 15.4 Å². The summed E-state index contributed by atoms with van der Waals surface area (Å²) in [4.78, 5) is 32.4. The topological polar surface area (TPSA) is 93.2 Å². The van der Waals surface area contributed by atoms with Crippen LogP contribution >= 0.6 is 0 Å². The minimum atomic E-state index is -0.398. The van der Waals surface area contributed by atoms with Gasteiger partial charge in [-0.1, -0.05) is 29.8 Å². The summed E-state index contributed by atoms with van der Waals surface area (Å²) in [6, 6.07) is 16.2. The Morgan fingerprint density at radius 2 is 1.72 bits per heavy atom. The number of amides is 1. The molecule has 0 atom stereocenters. The van der Waals surface area contributed by atoms with E-state index in [0.29, 0.717) is 30.2 Å². The lowest BCUT2D eigenvalue weighted by Gasteiger charge is -2.08. The van der Waals surface area contributed by atoms with Crippen LogP contribution in [-0.2, 0) is 11.3 Å². The fraction of sp³-hybridized carbons (Fsp3) is 0.182. The van der Waals surface area contributed by atoms with Crippen LogP contribution in [0.25, 0.3) is 0 Å². The average molecular weight is 390 g/mol. The molecule has 2 N–H and O–H groups in total. The molecule has 0 spiro atoms. The van der Waals surface area contributed by atoms with E-state index < -0.39 is 5.97 Å². The molecule has 0 saturated heterocycles. The van der Waals surface area contributed by atoms with Crippen LogP contribution in [0.3, 0.4) is 0 Å². The van der Waals surface area contributed by atoms with Crippen LogP contribution in [0.2, 0.25) is 0 Å². The first-order valence-electron chi connectivity index (χ1n) is 9.25. The van der Waals surface area contributed by atoms with E-state index in [1.807, 2.05) is 31.2 Å². The molecule has 3 rings (SSSR count). The molecular formula is C22H22N4O3. The smallest absolute Gasteiger partial charge is 0.338 e. The summed E-state index contributed by atoms with van der Waals surface area (Å²) < 4.78 is 4.94. The minimum absolute atomic E-state index is 0.237. The number of aryl methyl sites for hydroxylation is 1. The lowest BCUT2D eigenvalue weighted by Crippen LogP contribution is -2.15. The second kappa shape index (κ2) is 9.45. The van der Waals surface area contributed by atoms with Gasteiger partial charge in [-0.25, -0.2) is 14.8 Å². The zero-order valence-electron chi connectivity index (χ0n) is 16.3. The van der Waals surface area contributed by atoms with Gasteiger partial charge in [0.15, 0.2) is 0 Å². The highest BCUT2D eigenvalue weighted by Crippen LogP contribution is 2.13. The second-order valence-corrected chi connectivity index (χ2v) is 6.38. The third-order valence-corrected chi connectivity index (χ3v) is 4.15. The van der Waals surface area contributed by atoms with Crippen LogP contribution in [0.15, 0.2) is 60.9 Å². The number of ether oxygens (including phenoxy) is 1. The Morgan fingerprint density at radius 1 is 1.00 bits per heavy atom.